The molecule has 8 atom stereocenters. The van der Waals surface area contributed by atoms with Gasteiger partial charge in [0.2, 0.25) is 27.7 Å². The molecule has 2 aromatic rings. The molecule has 1 aromatic carbocycles. The number of nitrogens with zero attached hydrogens (tertiary/aromatic N) is 3. The Morgan fingerprint density at radius 3 is 2.42 bits per heavy atom. The lowest BCUT2D eigenvalue weighted by Gasteiger charge is -2.43. The fraction of sp³-hybridized carbons (Fsp3) is 0.643. The Balaban J connectivity index is 1.51. The van der Waals surface area contributed by atoms with Gasteiger partial charge in [0.05, 0.1) is 19.0 Å². The van der Waals surface area contributed by atoms with Gasteiger partial charge < -0.3 is 24.6 Å². The van der Waals surface area contributed by atoms with Crippen molar-refractivity contribution in [3.8, 4) is 17.5 Å². The molecule has 18 heteroatoms. The number of methoxy groups -OCH3 is 2. The predicted molar refractivity (Wildman–Crippen MR) is 217 cm³/mol. The Bertz CT molecular complexity index is 2160. The summed E-state index contributed by atoms with van der Waals surface area (Å²) in [6.07, 6.45) is 3.79. The number of alkyl halides is 2. The van der Waals surface area contributed by atoms with Gasteiger partial charge >= 0.3 is 12.1 Å². The topological polar surface area (TPSA) is 194 Å². The second kappa shape index (κ2) is 16.3. The van der Waals surface area contributed by atoms with Crippen LogP contribution in [0.4, 0.5) is 13.6 Å². The van der Waals surface area contributed by atoms with Gasteiger partial charge in [0.1, 0.15) is 23.4 Å². The van der Waals surface area contributed by atoms with Crippen LogP contribution in [0.5, 0.6) is 17.5 Å². The number of fused-ring (bicyclic) bond motifs is 3. The lowest BCUT2D eigenvalue weighted by molar-refractivity contribution is -0.219. The number of hydrogen-bond acceptors (Lipinski definition) is 10. The minimum Gasteiger partial charge on any atom is -0.497 e. The number of carbonyl (C=O) groups excluding carboxylic acids is 3. The fourth-order valence-corrected chi connectivity index (χ4v) is 9.98. The second-order valence-corrected chi connectivity index (χ2v) is 19.6. The van der Waals surface area contributed by atoms with Crippen molar-refractivity contribution < 1.29 is 55.7 Å². The van der Waals surface area contributed by atoms with Gasteiger partial charge in [-0.15, -0.1) is 0 Å². The van der Waals surface area contributed by atoms with E-state index < -0.39 is 92.2 Å². The Labute approximate surface area is 349 Å². The molecular weight excluding hydrogens is 805 g/mol. The maximum atomic E-state index is 17.8. The zero-order valence-corrected chi connectivity index (χ0v) is 36.2. The minimum atomic E-state index is -4.31. The van der Waals surface area contributed by atoms with Gasteiger partial charge in [0.15, 0.2) is 5.60 Å². The number of benzene rings is 1. The lowest BCUT2D eigenvalue weighted by Crippen LogP contribution is -2.65. The molecule has 2 aliphatic heterocycles. The largest absolute Gasteiger partial charge is 0.497 e. The summed E-state index contributed by atoms with van der Waals surface area (Å²) in [7, 11) is -1.38. The van der Waals surface area contributed by atoms with E-state index >= 15 is 13.6 Å². The molecule has 0 bridgehead atoms. The molecule has 4 amide bonds. The number of halogens is 2. The molecule has 1 unspecified atom stereocenters. The maximum Gasteiger partial charge on any atom is 0.408 e. The summed E-state index contributed by atoms with van der Waals surface area (Å²) >= 11 is 0. The molecule has 1 saturated heterocycles. The molecule has 2 saturated carbocycles. The standard InChI is InChI=1S/C42H57F2N5O10S/c1-9-25(4)48(38(53)54)33-26(10-2)19-24(3)13-11-12-14-28-22-41(28,37(52)47-60(55,56)39(5)17-18-39)46-34(50)31-23-40(6,42(43,44)49(31)36(33)51)59-35-30-16-15-29(57-7)20-27(30)21-32(45-35)58-8/h12,14-16,20-21,24-26,28,31,33H,9-11,13,17-19,22-23H2,1-8H3,(H,46,50)(H,47,52)(H,53,54)/b14-12-/t24-,25?,26+,28+,31-,33-,40+,41+/m0/s1. The fourth-order valence-electron chi connectivity index (χ4n) is 8.67. The van der Waals surface area contributed by atoms with Gasteiger partial charge in [0, 0.05) is 29.8 Å². The Hall–Kier alpha value is -4.74. The Kier molecular flexibility index (Phi) is 12.1. The quantitative estimate of drug-likeness (QED) is 0.177. The van der Waals surface area contributed by atoms with Crippen LogP contribution in [0.1, 0.15) is 99.3 Å². The minimum absolute atomic E-state index is 0.0146. The third-order valence-electron chi connectivity index (χ3n) is 13.2. The number of pyridine rings is 1. The first-order valence-electron chi connectivity index (χ1n) is 20.6. The Morgan fingerprint density at radius 2 is 1.82 bits per heavy atom. The van der Waals surface area contributed by atoms with Crippen molar-refractivity contribution in [2.75, 3.05) is 14.2 Å². The number of ether oxygens (including phenoxy) is 3. The summed E-state index contributed by atoms with van der Waals surface area (Å²) in [5.41, 5.74) is -4.53. The average molecular weight is 862 g/mol. The van der Waals surface area contributed by atoms with Crippen molar-refractivity contribution in [1.82, 2.24) is 24.8 Å². The van der Waals surface area contributed by atoms with E-state index in [4.69, 9.17) is 14.2 Å². The monoisotopic (exact) mass is 861 g/mol. The Morgan fingerprint density at radius 1 is 1.12 bits per heavy atom. The lowest BCUT2D eigenvalue weighted by atomic mass is 9.83. The van der Waals surface area contributed by atoms with E-state index in [0.717, 1.165) is 11.8 Å². The van der Waals surface area contributed by atoms with Crippen molar-refractivity contribution in [2.24, 2.45) is 17.8 Å². The number of allylic oxidation sites excluding steroid dienone is 1. The van der Waals surface area contributed by atoms with Gasteiger partial charge in [-0.3, -0.25) is 28.9 Å². The highest BCUT2D eigenvalue weighted by Crippen LogP contribution is 2.52. The zero-order valence-electron chi connectivity index (χ0n) is 35.4. The van der Waals surface area contributed by atoms with Crippen molar-refractivity contribution in [3.05, 3.63) is 36.4 Å². The molecule has 60 heavy (non-hydrogen) atoms. The number of sulfonamides is 1. The first-order valence-corrected chi connectivity index (χ1v) is 22.1. The second-order valence-electron chi connectivity index (χ2n) is 17.4. The van der Waals surface area contributed by atoms with Crippen molar-refractivity contribution in [1.29, 1.82) is 0 Å². The first-order chi connectivity index (χ1) is 28.1. The average Bonchev–Trinajstić information content (AvgIpc) is 4.10. The SMILES string of the molecule is CCC(C)N(C(=O)O)[C@@H]1C(=O)N2[C@@H](C[C@@](C)(Oc3nc(OC)cc4cc(OC)ccc34)C2(F)F)C(=O)N[C@]2(C(=O)NS(=O)(=O)C3(C)CC3)C[C@H]2/C=C\CC[C@H](C)C[C@H]1CC. The molecule has 2 aliphatic carbocycles. The molecule has 4 aliphatic rings. The van der Waals surface area contributed by atoms with Crippen LogP contribution in [-0.2, 0) is 24.4 Å². The number of carboxylic acid groups (broad SMARTS) is 1. The predicted octanol–water partition coefficient (Wildman–Crippen LogP) is 6.01. The normalized spacial score (nSPS) is 31.0. The van der Waals surface area contributed by atoms with Crippen LogP contribution in [-0.4, -0.2) is 106 Å². The summed E-state index contributed by atoms with van der Waals surface area (Å²) in [6, 6.07) is -2.44. The van der Waals surface area contributed by atoms with E-state index in [2.05, 4.69) is 15.0 Å². The molecule has 6 rings (SSSR count). The molecule has 15 nitrogen and oxygen atoms in total. The smallest absolute Gasteiger partial charge is 0.408 e. The van der Waals surface area contributed by atoms with Crippen LogP contribution in [0.25, 0.3) is 10.8 Å². The van der Waals surface area contributed by atoms with Gasteiger partial charge in [-0.2, -0.15) is 13.8 Å². The van der Waals surface area contributed by atoms with E-state index in [1.165, 1.54) is 21.1 Å². The highest BCUT2D eigenvalue weighted by atomic mass is 32.2. The van der Waals surface area contributed by atoms with Crippen LogP contribution >= 0.6 is 0 Å². The molecule has 330 valence electrons. The summed E-state index contributed by atoms with van der Waals surface area (Å²) < 4.78 is 80.1. The van der Waals surface area contributed by atoms with Crippen molar-refractivity contribution >= 4 is 44.6 Å². The highest BCUT2D eigenvalue weighted by molar-refractivity contribution is 7.91. The van der Waals surface area contributed by atoms with Gasteiger partial charge in [-0.05, 0) is 101 Å². The van der Waals surface area contributed by atoms with Crippen LogP contribution in [0, 0.1) is 17.8 Å². The highest BCUT2D eigenvalue weighted by Gasteiger charge is 2.71. The third kappa shape index (κ3) is 7.95. The molecular formula is C42H57F2N5O10S. The van der Waals surface area contributed by atoms with E-state index in [0.29, 0.717) is 43.2 Å². The van der Waals surface area contributed by atoms with Crippen molar-refractivity contribution in [2.45, 2.75) is 139 Å². The number of nitrogens with one attached hydrogen (secondary N) is 2. The summed E-state index contributed by atoms with van der Waals surface area (Å²) in [6.45, 7) is 9.57. The molecule has 3 fully saturated rings. The number of hydrogen-bond donors (Lipinski definition) is 3. The van der Waals surface area contributed by atoms with E-state index in [-0.39, 0.29) is 47.2 Å². The van der Waals surface area contributed by atoms with E-state index in [1.54, 1.807) is 51.1 Å². The summed E-state index contributed by atoms with van der Waals surface area (Å²) in [5, 5.41) is 14.0. The van der Waals surface area contributed by atoms with Crippen LogP contribution in [0.2, 0.25) is 0 Å². The molecule has 3 heterocycles. The number of carbonyl (C=O) groups is 4. The van der Waals surface area contributed by atoms with Crippen LogP contribution < -0.4 is 24.2 Å². The maximum absolute atomic E-state index is 17.8. The van der Waals surface area contributed by atoms with Crippen LogP contribution in [0.15, 0.2) is 36.4 Å². The summed E-state index contributed by atoms with van der Waals surface area (Å²) in [5.74, 6) is -4.83. The van der Waals surface area contributed by atoms with Gasteiger partial charge in [-0.25, -0.2) is 13.2 Å². The molecule has 0 spiro atoms. The first kappa shape index (κ1) is 44.8. The number of rotatable bonds is 11. The van der Waals surface area contributed by atoms with E-state index in [9.17, 15) is 27.9 Å². The van der Waals surface area contributed by atoms with Gasteiger partial charge in [-0.1, -0.05) is 39.3 Å². The van der Waals surface area contributed by atoms with E-state index in [1.807, 2.05) is 13.0 Å². The summed E-state index contributed by atoms with van der Waals surface area (Å²) in [4.78, 5) is 62.6. The van der Waals surface area contributed by atoms with Crippen LogP contribution in [0.3, 0.4) is 0 Å². The molecule has 3 N–H and O–H groups in total. The van der Waals surface area contributed by atoms with Gasteiger partial charge in [0.25, 0.3) is 11.8 Å². The number of amides is 4. The molecule has 0 radical (unpaired) electrons. The molecule has 1 aromatic heterocycles. The third-order valence-corrected chi connectivity index (χ3v) is 15.4. The number of aromatic nitrogens is 1. The zero-order chi connectivity index (χ0) is 44.2. The van der Waals surface area contributed by atoms with Crippen molar-refractivity contribution in [3.63, 3.8) is 0 Å².